The number of aromatic amines is 1. The van der Waals surface area contributed by atoms with Gasteiger partial charge in [-0.15, -0.1) is 5.10 Å². The monoisotopic (exact) mass is 446 g/mol. The van der Waals surface area contributed by atoms with Crippen LogP contribution in [0.2, 0.25) is 0 Å². The van der Waals surface area contributed by atoms with Crippen LogP contribution in [-0.2, 0) is 4.79 Å². The van der Waals surface area contributed by atoms with Crippen LogP contribution in [0.25, 0.3) is 34.0 Å². The molecule has 3 saturated carbocycles. The van der Waals surface area contributed by atoms with Crippen LogP contribution in [0.4, 0.5) is 10.2 Å². The summed E-state index contributed by atoms with van der Waals surface area (Å²) in [6.07, 6.45) is 10.4. The van der Waals surface area contributed by atoms with Gasteiger partial charge in [0.1, 0.15) is 17.0 Å². The van der Waals surface area contributed by atoms with Gasteiger partial charge in [-0.25, -0.2) is 18.9 Å². The highest BCUT2D eigenvalue weighted by molar-refractivity contribution is 5.92. The van der Waals surface area contributed by atoms with E-state index in [-0.39, 0.29) is 17.9 Å². The Hall–Kier alpha value is -3.75. The number of aromatic nitrogens is 5. The van der Waals surface area contributed by atoms with Crippen LogP contribution in [0.5, 0.6) is 0 Å². The molecule has 0 spiro atoms. The van der Waals surface area contributed by atoms with Gasteiger partial charge in [-0.3, -0.25) is 4.79 Å². The summed E-state index contributed by atoms with van der Waals surface area (Å²) in [7, 11) is 0. The molecule has 0 aliphatic heterocycles. The van der Waals surface area contributed by atoms with Crippen molar-refractivity contribution in [1.29, 1.82) is 0 Å². The van der Waals surface area contributed by atoms with Gasteiger partial charge in [0.05, 0.1) is 12.1 Å². The first-order valence-electron chi connectivity index (χ1n) is 11.2. The number of carbonyl (C=O) groups is 1. The minimum Gasteiger partial charge on any atom is -0.481 e. The first kappa shape index (κ1) is 19.9. The fourth-order valence-electron chi connectivity index (χ4n) is 5.76. The van der Waals surface area contributed by atoms with Crippen molar-refractivity contribution < 1.29 is 14.3 Å². The molecule has 4 aromatic heterocycles. The highest BCUT2D eigenvalue weighted by Gasteiger charge is 2.47. The van der Waals surface area contributed by atoms with E-state index in [2.05, 4.69) is 27.0 Å². The Balaban J connectivity index is 1.50. The molecule has 3 aliphatic rings. The molecule has 3 aliphatic carbocycles. The summed E-state index contributed by atoms with van der Waals surface area (Å²) in [5.41, 5.74) is 2.75. The Bertz CT molecular complexity index is 1400. The Morgan fingerprint density at radius 1 is 1.30 bits per heavy atom. The predicted octanol–water partition coefficient (Wildman–Crippen LogP) is 4.36. The van der Waals surface area contributed by atoms with Gasteiger partial charge in [0.25, 0.3) is 0 Å². The number of pyridine rings is 1. The van der Waals surface area contributed by atoms with Gasteiger partial charge < -0.3 is 15.4 Å². The van der Waals surface area contributed by atoms with Crippen LogP contribution in [0.1, 0.15) is 31.2 Å². The maximum absolute atomic E-state index is 13.9. The molecule has 2 bridgehead atoms. The number of H-pyrrole nitrogens is 1. The number of halogens is 1. The normalized spacial score (nSPS) is 24.4. The van der Waals surface area contributed by atoms with E-state index in [4.69, 9.17) is 4.98 Å². The Morgan fingerprint density at radius 2 is 2.09 bits per heavy atom. The van der Waals surface area contributed by atoms with Gasteiger partial charge in [-0.1, -0.05) is 12.7 Å². The van der Waals surface area contributed by atoms with E-state index in [9.17, 15) is 14.3 Å². The minimum absolute atomic E-state index is 0.177. The van der Waals surface area contributed by atoms with E-state index in [1.165, 1.54) is 6.07 Å². The Labute approximate surface area is 188 Å². The van der Waals surface area contributed by atoms with Gasteiger partial charge in [0, 0.05) is 34.9 Å². The molecule has 4 aromatic rings. The topological polar surface area (TPSA) is 108 Å². The fraction of sp³-hybridized carbons (Fsp3) is 0.333. The quantitative estimate of drug-likeness (QED) is 0.421. The molecular weight excluding hydrogens is 423 g/mol. The second kappa shape index (κ2) is 7.40. The van der Waals surface area contributed by atoms with Crippen molar-refractivity contribution in [3.05, 3.63) is 48.7 Å². The molecule has 2 atom stereocenters. The zero-order valence-electron chi connectivity index (χ0n) is 17.8. The van der Waals surface area contributed by atoms with Crippen LogP contribution < -0.4 is 5.32 Å². The second-order valence-electron chi connectivity index (χ2n) is 9.01. The summed E-state index contributed by atoms with van der Waals surface area (Å²) in [6.45, 7) is 3.90. The van der Waals surface area contributed by atoms with E-state index in [1.807, 2.05) is 12.3 Å². The van der Waals surface area contributed by atoms with Gasteiger partial charge in [-0.2, -0.15) is 0 Å². The van der Waals surface area contributed by atoms with Crippen molar-refractivity contribution >= 4 is 34.4 Å². The molecule has 0 unspecified atom stereocenters. The molecule has 3 fully saturated rings. The third-order valence-corrected chi connectivity index (χ3v) is 7.31. The van der Waals surface area contributed by atoms with Gasteiger partial charge in [-0.05, 0) is 49.7 Å². The molecular formula is C24H23FN6O2. The van der Waals surface area contributed by atoms with Gasteiger partial charge in [0.2, 0.25) is 0 Å². The van der Waals surface area contributed by atoms with Crippen molar-refractivity contribution in [1.82, 2.24) is 24.6 Å². The molecule has 0 aromatic carbocycles. The van der Waals surface area contributed by atoms with Crippen LogP contribution in [0, 0.1) is 23.6 Å². The number of carboxylic acids is 1. The van der Waals surface area contributed by atoms with Crippen LogP contribution in [0.3, 0.4) is 0 Å². The average molecular weight is 446 g/mol. The molecule has 168 valence electrons. The molecule has 7 rings (SSSR count). The molecule has 3 N–H and O–H groups in total. The molecule has 9 heteroatoms. The van der Waals surface area contributed by atoms with Crippen LogP contribution in [-0.4, -0.2) is 41.7 Å². The first-order chi connectivity index (χ1) is 16.0. The number of hydrogen-bond acceptors (Lipinski definition) is 5. The zero-order valence-corrected chi connectivity index (χ0v) is 17.8. The Morgan fingerprint density at radius 3 is 2.85 bits per heavy atom. The summed E-state index contributed by atoms with van der Waals surface area (Å²) >= 11 is 0. The maximum atomic E-state index is 13.9. The lowest BCUT2D eigenvalue weighted by atomic mass is 9.61. The molecule has 33 heavy (non-hydrogen) atoms. The predicted molar refractivity (Wildman–Crippen MR) is 122 cm³/mol. The summed E-state index contributed by atoms with van der Waals surface area (Å²) in [5.74, 6) is -0.252. The minimum atomic E-state index is -0.760. The van der Waals surface area contributed by atoms with E-state index >= 15 is 0 Å². The van der Waals surface area contributed by atoms with Gasteiger partial charge >= 0.3 is 5.97 Å². The standard InChI is InChI=1S/C24H23FN6O2/c1-2-12-7-8-31-20(12)23(28-19-14-5-3-13(4-6-14)18(19)24(32)33)29-22(30-31)17-11-27-21-16(17)9-15(25)10-26-21/h2,7-11,13-14,18-19H,1,3-6H2,(H,26,27)(H,32,33)(H,28,29,30)/t13-,14+,18-,19-/m0/s1. The maximum Gasteiger partial charge on any atom is 0.308 e. The third-order valence-electron chi connectivity index (χ3n) is 7.31. The van der Waals surface area contributed by atoms with E-state index < -0.39 is 17.7 Å². The number of nitrogens with zero attached hydrogens (tertiary/aromatic N) is 4. The number of fused-ring (bicyclic) bond motifs is 5. The largest absolute Gasteiger partial charge is 0.481 e. The van der Waals surface area contributed by atoms with Crippen molar-refractivity contribution in [3.63, 3.8) is 0 Å². The number of carboxylic acid groups (broad SMARTS) is 1. The van der Waals surface area contributed by atoms with Crippen molar-refractivity contribution in [3.8, 4) is 11.4 Å². The van der Waals surface area contributed by atoms with E-state index in [1.54, 1.807) is 16.8 Å². The van der Waals surface area contributed by atoms with Crippen LogP contribution >= 0.6 is 0 Å². The number of anilines is 1. The van der Waals surface area contributed by atoms with Crippen LogP contribution in [0.15, 0.2) is 37.3 Å². The van der Waals surface area contributed by atoms with Gasteiger partial charge in [0.15, 0.2) is 11.6 Å². The lowest BCUT2D eigenvalue weighted by Crippen LogP contribution is -2.51. The van der Waals surface area contributed by atoms with Crippen molar-refractivity contribution in [2.45, 2.75) is 31.7 Å². The molecule has 0 saturated heterocycles. The number of hydrogen-bond donors (Lipinski definition) is 3. The number of rotatable bonds is 5. The van der Waals surface area contributed by atoms with E-state index in [0.717, 1.165) is 43.0 Å². The highest BCUT2D eigenvalue weighted by atomic mass is 19.1. The molecule has 4 heterocycles. The van der Waals surface area contributed by atoms with Crippen molar-refractivity contribution in [2.75, 3.05) is 5.32 Å². The lowest BCUT2D eigenvalue weighted by molar-refractivity contribution is -0.148. The SMILES string of the molecule is C=Cc1ccn2nc(-c3c[nH]c4ncc(F)cc34)nc(N[C@H]3[C@H]4CC[C@H](CC4)[C@@H]3C(=O)O)c12. The molecule has 0 amide bonds. The summed E-state index contributed by atoms with van der Waals surface area (Å²) in [6, 6.07) is 3.08. The molecule has 0 radical (unpaired) electrons. The lowest BCUT2D eigenvalue weighted by Gasteiger charge is -2.47. The number of aliphatic carboxylic acids is 1. The highest BCUT2D eigenvalue weighted by Crippen LogP contribution is 2.46. The fourth-order valence-corrected chi connectivity index (χ4v) is 5.76. The summed E-state index contributed by atoms with van der Waals surface area (Å²) < 4.78 is 15.6. The smallest absolute Gasteiger partial charge is 0.308 e. The third kappa shape index (κ3) is 3.10. The average Bonchev–Trinajstić information content (AvgIpc) is 3.43. The molecule has 8 nitrogen and oxygen atoms in total. The zero-order chi connectivity index (χ0) is 22.7. The van der Waals surface area contributed by atoms with E-state index in [0.29, 0.717) is 28.2 Å². The van der Waals surface area contributed by atoms with Crippen molar-refractivity contribution in [2.24, 2.45) is 17.8 Å². The second-order valence-corrected chi connectivity index (χ2v) is 9.01. The Kier molecular flexibility index (Phi) is 4.46. The summed E-state index contributed by atoms with van der Waals surface area (Å²) in [4.78, 5) is 24.1. The summed E-state index contributed by atoms with van der Waals surface area (Å²) in [5, 5.41) is 18.7. The first-order valence-corrected chi connectivity index (χ1v) is 11.2. The number of nitrogens with one attached hydrogen (secondary N) is 2.